The van der Waals surface area contributed by atoms with Gasteiger partial charge < -0.3 is 11.1 Å². The highest BCUT2D eigenvalue weighted by Crippen LogP contribution is 2.18. The van der Waals surface area contributed by atoms with Gasteiger partial charge in [-0.2, -0.15) is 13.5 Å². The molecule has 0 unspecified atom stereocenters. The normalized spacial score (nSPS) is 9.60. The first-order valence-corrected chi connectivity index (χ1v) is 5.16. The number of carbonyl (C=O) groups is 1. The number of carbonyl (C=O) groups excluding carboxylic acids is 1. The Bertz CT molecular complexity index is 355. The van der Waals surface area contributed by atoms with E-state index in [1.807, 2.05) is 19.9 Å². The van der Waals surface area contributed by atoms with Gasteiger partial charge in [0.15, 0.2) is 0 Å². The Kier molecular flexibility index (Phi) is 5.75. The predicted molar refractivity (Wildman–Crippen MR) is 71.5 cm³/mol. The van der Waals surface area contributed by atoms with Gasteiger partial charge in [0.05, 0.1) is 5.56 Å². The van der Waals surface area contributed by atoms with Crippen molar-refractivity contribution in [3.05, 3.63) is 28.2 Å². The maximum Gasteiger partial charge on any atom is 0.253 e. The van der Waals surface area contributed by atoms with Crippen molar-refractivity contribution in [2.45, 2.75) is 19.9 Å². The van der Waals surface area contributed by atoms with Crippen LogP contribution in [0.2, 0.25) is 0 Å². The van der Waals surface area contributed by atoms with Crippen molar-refractivity contribution in [3.8, 4) is 0 Å². The van der Waals surface area contributed by atoms with Crippen LogP contribution in [0.1, 0.15) is 24.2 Å². The number of nitrogens with two attached hydrogens (primary N) is 1. The first-order chi connectivity index (χ1) is 6.50. The van der Waals surface area contributed by atoms with Gasteiger partial charge in [0.1, 0.15) is 0 Å². The molecule has 0 aliphatic rings. The van der Waals surface area contributed by atoms with Crippen LogP contribution >= 0.6 is 29.4 Å². The maximum atomic E-state index is 11.6. The lowest BCUT2D eigenvalue weighted by atomic mass is 10.1. The van der Waals surface area contributed by atoms with Gasteiger partial charge in [0, 0.05) is 16.2 Å². The zero-order chi connectivity index (χ0) is 10.7. The summed E-state index contributed by atoms with van der Waals surface area (Å²) in [5.74, 6) is -0.140. The molecule has 5 heteroatoms. The molecule has 1 aromatic rings. The number of halogens is 1. The highest BCUT2D eigenvalue weighted by atomic mass is 79.9. The first kappa shape index (κ1) is 14.3. The van der Waals surface area contributed by atoms with E-state index in [-0.39, 0.29) is 25.4 Å². The zero-order valence-electron chi connectivity index (χ0n) is 8.67. The summed E-state index contributed by atoms with van der Waals surface area (Å²) in [6.45, 7) is 3.82. The predicted octanol–water partition coefficient (Wildman–Crippen LogP) is 2.28. The summed E-state index contributed by atoms with van der Waals surface area (Å²) in [7, 11) is 0. The number of benzene rings is 1. The number of hydrogen-bond donors (Lipinski definition) is 2. The van der Waals surface area contributed by atoms with Gasteiger partial charge in [-0.3, -0.25) is 4.79 Å². The van der Waals surface area contributed by atoms with Crippen LogP contribution in [-0.2, 0) is 0 Å². The smallest absolute Gasteiger partial charge is 0.253 e. The van der Waals surface area contributed by atoms with E-state index in [0.29, 0.717) is 11.3 Å². The fraction of sp³-hybridized carbons (Fsp3) is 0.300. The van der Waals surface area contributed by atoms with Gasteiger partial charge in [-0.05, 0) is 32.0 Å². The maximum absolute atomic E-state index is 11.6. The van der Waals surface area contributed by atoms with Crippen LogP contribution in [0.5, 0.6) is 0 Å². The third kappa shape index (κ3) is 4.13. The van der Waals surface area contributed by atoms with E-state index < -0.39 is 0 Å². The number of anilines is 1. The lowest BCUT2D eigenvalue weighted by molar-refractivity contribution is 0.0944. The number of amides is 1. The summed E-state index contributed by atoms with van der Waals surface area (Å²) in [5, 5.41) is 2.79. The molecule has 0 aliphatic carbocycles. The van der Waals surface area contributed by atoms with Gasteiger partial charge in [-0.1, -0.05) is 15.9 Å². The molecule has 3 nitrogen and oxygen atoms in total. The number of rotatable bonds is 2. The number of nitrogen functional groups attached to an aromatic ring is 1. The van der Waals surface area contributed by atoms with E-state index in [1.54, 1.807) is 12.1 Å². The Morgan fingerprint density at radius 2 is 2.07 bits per heavy atom. The molecule has 0 fully saturated rings. The largest absolute Gasteiger partial charge is 0.398 e. The molecule has 3 N–H and O–H groups in total. The highest BCUT2D eigenvalue weighted by molar-refractivity contribution is 9.10. The minimum atomic E-state index is -0.140. The molecule has 0 bridgehead atoms. The molecule has 1 rings (SSSR count). The first-order valence-electron chi connectivity index (χ1n) is 4.36. The topological polar surface area (TPSA) is 55.1 Å². The Labute approximate surface area is 105 Å². The Balaban J connectivity index is 0.00000196. The highest BCUT2D eigenvalue weighted by Gasteiger charge is 2.10. The minimum Gasteiger partial charge on any atom is -0.398 e. The van der Waals surface area contributed by atoms with Crippen LogP contribution in [0, 0.1) is 0 Å². The molecule has 15 heavy (non-hydrogen) atoms. The standard InChI is InChI=1S/C10H13BrN2O.H2S/c1-6(2)13-10(14)8-5-7(11)3-4-9(8)12;/h3-6H,12H2,1-2H3,(H,13,14);1H2. The average Bonchev–Trinajstić information content (AvgIpc) is 2.08. The molecule has 0 saturated carbocycles. The van der Waals surface area contributed by atoms with Crippen LogP contribution in [0.25, 0.3) is 0 Å². The average molecular weight is 291 g/mol. The summed E-state index contributed by atoms with van der Waals surface area (Å²) in [5.41, 5.74) is 6.68. The van der Waals surface area contributed by atoms with Crippen molar-refractivity contribution >= 4 is 41.0 Å². The summed E-state index contributed by atoms with van der Waals surface area (Å²) in [6, 6.07) is 5.34. The van der Waals surface area contributed by atoms with Crippen molar-refractivity contribution in [2.75, 3.05) is 5.73 Å². The molecule has 0 aliphatic heterocycles. The van der Waals surface area contributed by atoms with E-state index >= 15 is 0 Å². The molecule has 0 aromatic heterocycles. The summed E-state index contributed by atoms with van der Waals surface area (Å²) < 4.78 is 0.848. The van der Waals surface area contributed by atoms with Crippen LogP contribution < -0.4 is 11.1 Å². The molecule has 0 atom stereocenters. The Morgan fingerprint density at radius 3 is 2.60 bits per heavy atom. The second kappa shape index (κ2) is 6.02. The second-order valence-electron chi connectivity index (χ2n) is 3.36. The van der Waals surface area contributed by atoms with E-state index in [1.165, 1.54) is 0 Å². The van der Waals surface area contributed by atoms with Crippen LogP contribution in [0.15, 0.2) is 22.7 Å². The van der Waals surface area contributed by atoms with E-state index in [9.17, 15) is 4.79 Å². The van der Waals surface area contributed by atoms with E-state index in [4.69, 9.17) is 5.73 Å². The molecule has 0 saturated heterocycles. The molecular formula is C10H15BrN2OS. The fourth-order valence-corrected chi connectivity index (χ4v) is 1.43. The van der Waals surface area contributed by atoms with E-state index in [0.717, 1.165) is 4.47 Å². The summed E-state index contributed by atoms with van der Waals surface area (Å²) >= 11 is 3.30. The molecule has 0 radical (unpaired) electrons. The molecule has 0 heterocycles. The number of nitrogens with one attached hydrogen (secondary N) is 1. The summed E-state index contributed by atoms with van der Waals surface area (Å²) in [4.78, 5) is 11.6. The van der Waals surface area contributed by atoms with Crippen LogP contribution in [0.3, 0.4) is 0 Å². The van der Waals surface area contributed by atoms with Crippen molar-refractivity contribution < 1.29 is 4.79 Å². The van der Waals surface area contributed by atoms with Gasteiger partial charge in [-0.15, -0.1) is 0 Å². The molecule has 0 spiro atoms. The third-order valence-corrected chi connectivity index (χ3v) is 2.17. The van der Waals surface area contributed by atoms with Crippen molar-refractivity contribution in [3.63, 3.8) is 0 Å². The second-order valence-corrected chi connectivity index (χ2v) is 4.28. The fourth-order valence-electron chi connectivity index (χ4n) is 1.07. The quantitative estimate of drug-likeness (QED) is 0.821. The lowest BCUT2D eigenvalue weighted by Gasteiger charge is -2.10. The van der Waals surface area contributed by atoms with Crippen molar-refractivity contribution in [1.82, 2.24) is 5.32 Å². The SMILES string of the molecule is CC(C)NC(=O)c1cc(Br)ccc1N.S. The van der Waals surface area contributed by atoms with Crippen LogP contribution in [-0.4, -0.2) is 11.9 Å². The number of hydrogen-bond acceptors (Lipinski definition) is 2. The van der Waals surface area contributed by atoms with Crippen molar-refractivity contribution in [1.29, 1.82) is 0 Å². The Hall–Kier alpha value is -0.680. The van der Waals surface area contributed by atoms with Gasteiger partial charge >= 0.3 is 0 Å². The third-order valence-electron chi connectivity index (χ3n) is 1.68. The molecule has 84 valence electrons. The molecule has 1 amide bonds. The van der Waals surface area contributed by atoms with Gasteiger partial charge in [-0.25, -0.2) is 0 Å². The zero-order valence-corrected chi connectivity index (χ0v) is 11.3. The minimum absolute atomic E-state index is 0. The van der Waals surface area contributed by atoms with Gasteiger partial charge in [0.2, 0.25) is 0 Å². The monoisotopic (exact) mass is 290 g/mol. The van der Waals surface area contributed by atoms with Crippen molar-refractivity contribution in [2.24, 2.45) is 0 Å². The Morgan fingerprint density at radius 1 is 1.47 bits per heavy atom. The van der Waals surface area contributed by atoms with Gasteiger partial charge in [0.25, 0.3) is 5.91 Å². The summed E-state index contributed by atoms with van der Waals surface area (Å²) in [6.07, 6.45) is 0. The molecule has 1 aromatic carbocycles. The lowest BCUT2D eigenvalue weighted by Crippen LogP contribution is -2.30. The van der Waals surface area contributed by atoms with Crippen LogP contribution in [0.4, 0.5) is 5.69 Å². The molecular weight excluding hydrogens is 276 g/mol. The van der Waals surface area contributed by atoms with E-state index in [2.05, 4.69) is 21.2 Å².